The van der Waals surface area contributed by atoms with Gasteiger partial charge in [0, 0.05) is 31.9 Å². The first kappa shape index (κ1) is 12.0. The minimum absolute atomic E-state index is 0.179. The number of likely N-dealkylation sites (N-methyl/N-ethyl adjacent to an activating group) is 1. The molecule has 15 heavy (non-hydrogen) atoms. The maximum Gasteiger partial charge on any atom is 0.232 e. The van der Waals surface area contributed by atoms with Crippen molar-refractivity contribution in [2.75, 3.05) is 25.6 Å². The van der Waals surface area contributed by atoms with Crippen molar-refractivity contribution in [3.63, 3.8) is 0 Å². The van der Waals surface area contributed by atoms with Crippen LogP contribution in [-0.2, 0) is 11.2 Å². The van der Waals surface area contributed by atoms with E-state index in [2.05, 4.69) is 4.98 Å². The molecule has 0 aliphatic rings. The van der Waals surface area contributed by atoms with Crippen LogP contribution in [0.4, 0.5) is 0 Å². The lowest BCUT2D eigenvalue weighted by Crippen LogP contribution is -2.30. The van der Waals surface area contributed by atoms with Crippen molar-refractivity contribution in [1.82, 2.24) is 9.88 Å². The van der Waals surface area contributed by atoms with Gasteiger partial charge in [0.1, 0.15) is 0 Å². The second-order valence-electron chi connectivity index (χ2n) is 3.32. The Labute approximate surface area is 94.9 Å². The van der Waals surface area contributed by atoms with E-state index in [0.29, 0.717) is 5.75 Å². The zero-order chi connectivity index (χ0) is 11.1. The van der Waals surface area contributed by atoms with Gasteiger partial charge in [0.2, 0.25) is 5.91 Å². The van der Waals surface area contributed by atoms with Crippen molar-refractivity contribution in [3.05, 3.63) is 30.1 Å². The van der Waals surface area contributed by atoms with Gasteiger partial charge < -0.3 is 4.90 Å². The van der Waals surface area contributed by atoms with E-state index < -0.39 is 0 Å². The minimum atomic E-state index is 0.179. The summed E-state index contributed by atoms with van der Waals surface area (Å²) in [4.78, 5) is 17.4. The average molecular weight is 224 g/mol. The predicted octanol–water partition coefficient (Wildman–Crippen LogP) is 1.45. The lowest BCUT2D eigenvalue weighted by molar-refractivity contribution is -0.127. The molecule has 0 unspecified atom stereocenters. The van der Waals surface area contributed by atoms with Gasteiger partial charge in [0.15, 0.2) is 0 Å². The van der Waals surface area contributed by atoms with E-state index >= 15 is 0 Å². The van der Waals surface area contributed by atoms with E-state index in [1.807, 2.05) is 31.5 Å². The Morgan fingerprint density at radius 2 is 2.33 bits per heavy atom. The summed E-state index contributed by atoms with van der Waals surface area (Å²) < 4.78 is 0. The minimum Gasteiger partial charge on any atom is -0.345 e. The monoisotopic (exact) mass is 224 g/mol. The third kappa shape index (κ3) is 4.34. The third-order valence-electron chi connectivity index (χ3n) is 2.12. The molecule has 0 aliphatic heterocycles. The molecule has 0 saturated carbocycles. The van der Waals surface area contributed by atoms with Gasteiger partial charge in [0.25, 0.3) is 0 Å². The predicted molar refractivity (Wildman–Crippen MR) is 64.0 cm³/mol. The van der Waals surface area contributed by atoms with Crippen molar-refractivity contribution < 1.29 is 4.79 Å². The molecule has 0 saturated heterocycles. The molecule has 4 heteroatoms. The van der Waals surface area contributed by atoms with E-state index in [-0.39, 0.29) is 5.91 Å². The molecule has 0 bridgehead atoms. The lowest BCUT2D eigenvalue weighted by atomic mass is 10.2. The van der Waals surface area contributed by atoms with Crippen molar-refractivity contribution in [2.45, 2.75) is 6.42 Å². The Balaban J connectivity index is 2.34. The molecule has 1 rings (SSSR count). The highest BCUT2D eigenvalue weighted by molar-refractivity contribution is 7.99. The van der Waals surface area contributed by atoms with E-state index in [9.17, 15) is 4.79 Å². The van der Waals surface area contributed by atoms with Gasteiger partial charge in [-0.25, -0.2) is 0 Å². The number of thioether (sulfide) groups is 1. The first-order valence-corrected chi connectivity index (χ1v) is 6.26. The molecule has 0 spiro atoms. The van der Waals surface area contributed by atoms with Crippen LogP contribution >= 0.6 is 11.8 Å². The van der Waals surface area contributed by atoms with Crippen LogP contribution in [0.5, 0.6) is 0 Å². The average Bonchev–Trinajstić information content (AvgIpc) is 2.27. The van der Waals surface area contributed by atoms with Crippen LogP contribution in [0.15, 0.2) is 24.4 Å². The maximum atomic E-state index is 11.4. The zero-order valence-electron chi connectivity index (χ0n) is 9.14. The fourth-order valence-electron chi connectivity index (χ4n) is 1.19. The Bertz CT molecular complexity index is 303. The summed E-state index contributed by atoms with van der Waals surface area (Å²) in [6.07, 6.45) is 4.53. The number of hydrogen-bond acceptors (Lipinski definition) is 3. The normalized spacial score (nSPS) is 10.0. The molecule has 3 nitrogen and oxygen atoms in total. The summed E-state index contributed by atoms with van der Waals surface area (Å²) in [5.41, 5.74) is 1.03. The van der Waals surface area contributed by atoms with Crippen LogP contribution < -0.4 is 0 Å². The second-order valence-corrected chi connectivity index (χ2v) is 4.19. The SMILES string of the molecule is CSCC(=O)N(C)CCc1ccccn1. The molecular weight excluding hydrogens is 208 g/mol. The molecule has 0 radical (unpaired) electrons. The van der Waals surface area contributed by atoms with Crippen LogP contribution in [0, 0.1) is 0 Å². The molecule has 0 fully saturated rings. The molecular formula is C11H16N2OS. The van der Waals surface area contributed by atoms with Gasteiger partial charge in [-0.2, -0.15) is 11.8 Å². The molecule has 0 N–H and O–H groups in total. The molecule has 1 heterocycles. The van der Waals surface area contributed by atoms with Crippen molar-refractivity contribution >= 4 is 17.7 Å². The molecule has 0 aromatic carbocycles. The van der Waals surface area contributed by atoms with Crippen LogP contribution in [0.2, 0.25) is 0 Å². The largest absolute Gasteiger partial charge is 0.345 e. The third-order valence-corrected chi connectivity index (χ3v) is 2.66. The maximum absolute atomic E-state index is 11.4. The van der Waals surface area contributed by atoms with Crippen molar-refractivity contribution in [1.29, 1.82) is 0 Å². The number of pyridine rings is 1. The zero-order valence-corrected chi connectivity index (χ0v) is 9.96. The first-order valence-electron chi connectivity index (χ1n) is 4.87. The number of carbonyl (C=O) groups excluding carboxylic acids is 1. The van der Waals surface area contributed by atoms with Crippen LogP contribution in [0.1, 0.15) is 5.69 Å². The number of carbonyl (C=O) groups is 1. The second kappa shape index (κ2) is 6.45. The van der Waals surface area contributed by atoms with E-state index in [0.717, 1.165) is 18.7 Å². The van der Waals surface area contributed by atoms with Gasteiger partial charge in [-0.05, 0) is 18.4 Å². The smallest absolute Gasteiger partial charge is 0.232 e. The van der Waals surface area contributed by atoms with Crippen molar-refractivity contribution in [3.8, 4) is 0 Å². The molecule has 0 atom stereocenters. The summed E-state index contributed by atoms with van der Waals surface area (Å²) in [5.74, 6) is 0.733. The van der Waals surface area contributed by atoms with E-state index in [4.69, 9.17) is 0 Å². The molecule has 0 aliphatic carbocycles. The Hall–Kier alpha value is -1.03. The van der Waals surface area contributed by atoms with Crippen LogP contribution in [0.25, 0.3) is 0 Å². The van der Waals surface area contributed by atoms with Gasteiger partial charge in [-0.3, -0.25) is 9.78 Å². The van der Waals surface area contributed by atoms with Gasteiger partial charge in [0.05, 0.1) is 5.75 Å². The molecule has 1 aromatic rings. The quantitative estimate of drug-likeness (QED) is 0.759. The van der Waals surface area contributed by atoms with Crippen LogP contribution in [0.3, 0.4) is 0 Å². The Morgan fingerprint density at radius 1 is 1.53 bits per heavy atom. The van der Waals surface area contributed by atoms with Gasteiger partial charge in [-0.15, -0.1) is 0 Å². The number of hydrogen-bond donors (Lipinski definition) is 0. The van der Waals surface area contributed by atoms with E-state index in [1.165, 1.54) is 0 Å². The fourth-order valence-corrected chi connectivity index (χ4v) is 1.65. The summed E-state index contributed by atoms with van der Waals surface area (Å²) >= 11 is 1.55. The van der Waals surface area contributed by atoms with E-state index in [1.54, 1.807) is 22.9 Å². The number of aromatic nitrogens is 1. The highest BCUT2D eigenvalue weighted by Crippen LogP contribution is 1.99. The van der Waals surface area contributed by atoms with Crippen LogP contribution in [-0.4, -0.2) is 41.4 Å². The number of nitrogens with zero attached hydrogens (tertiary/aromatic N) is 2. The summed E-state index contributed by atoms with van der Waals surface area (Å²) in [7, 11) is 1.83. The van der Waals surface area contributed by atoms with Gasteiger partial charge >= 0.3 is 0 Å². The molecule has 1 aromatic heterocycles. The Kier molecular flexibility index (Phi) is 5.18. The lowest BCUT2D eigenvalue weighted by Gasteiger charge is -2.15. The fraction of sp³-hybridized carbons (Fsp3) is 0.455. The van der Waals surface area contributed by atoms with Crippen molar-refractivity contribution in [2.24, 2.45) is 0 Å². The summed E-state index contributed by atoms with van der Waals surface area (Å²) in [6.45, 7) is 0.733. The highest BCUT2D eigenvalue weighted by atomic mass is 32.2. The number of amides is 1. The standard InChI is InChI=1S/C11H16N2OS/c1-13(11(14)9-15-2)8-6-10-5-3-4-7-12-10/h3-5,7H,6,8-9H2,1-2H3. The number of rotatable bonds is 5. The highest BCUT2D eigenvalue weighted by Gasteiger charge is 2.07. The summed E-state index contributed by atoms with van der Waals surface area (Å²) in [5, 5.41) is 0. The summed E-state index contributed by atoms with van der Waals surface area (Å²) in [6, 6.07) is 5.84. The molecule has 1 amide bonds. The topological polar surface area (TPSA) is 33.2 Å². The first-order chi connectivity index (χ1) is 7.24. The molecule has 82 valence electrons. The van der Waals surface area contributed by atoms with Gasteiger partial charge in [-0.1, -0.05) is 6.07 Å². The Morgan fingerprint density at radius 3 is 2.93 bits per heavy atom.